The monoisotopic (exact) mass is 305 g/mol. The van der Waals surface area contributed by atoms with Gasteiger partial charge in [0, 0.05) is 33.3 Å². The summed E-state index contributed by atoms with van der Waals surface area (Å²) in [6, 6.07) is 0. The van der Waals surface area contributed by atoms with Crippen LogP contribution in [0.4, 0.5) is 0 Å². The van der Waals surface area contributed by atoms with Gasteiger partial charge >= 0.3 is 0 Å². The van der Waals surface area contributed by atoms with Gasteiger partial charge < -0.3 is 10.5 Å². The second-order valence-corrected chi connectivity index (χ2v) is 7.84. The maximum Gasteiger partial charge on any atom is 0.281 e. The number of hydrogen-bond donors (Lipinski definition) is 1. The van der Waals surface area contributed by atoms with Crippen LogP contribution in [0.3, 0.4) is 0 Å². The maximum atomic E-state index is 12.7. The van der Waals surface area contributed by atoms with E-state index in [1.807, 2.05) is 0 Å². The van der Waals surface area contributed by atoms with E-state index in [2.05, 4.69) is 0 Å². The third-order valence-corrected chi connectivity index (χ3v) is 6.45. The van der Waals surface area contributed by atoms with Crippen LogP contribution in [0.5, 0.6) is 0 Å². The lowest BCUT2D eigenvalue weighted by Crippen LogP contribution is -2.51. The highest BCUT2D eigenvalue weighted by atomic mass is 32.2. The molecule has 20 heavy (non-hydrogen) atoms. The Morgan fingerprint density at radius 1 is 1.10 bits per heavy atom. The molecule has 2 aliphatic rings. The van der Waals surface area contributed by atoms with Crippen LogP contribution < -0.4 is 5.73 Å². The molecule has 0 aromatic heterocycles. The molecule has 2 fully saturated rings. The fraction of sp³-hybridized carbons (Fsp3) is 1.00. The molecular formula is C13H27N3O3S. The summed E-state index contributed by atoms with van der Waals surface area (Å²) in [5.74, 6) is 0.800. The number of methoxy groups -OCH3 is 1. The van der Waals surface area contributed by atoms with Crippen molar-refractivity contribution >= 4 is 10.2 Å². The SMILES string of the molecule is COCC1CCCN(S(=O)(=O)N2CCC(CN)CC2)C1. The van der Waals surface area contributed by atoms with Crippen LogP contribution in [0.1, 0.15) is 25.7 Å². The van der Waals surface area contributed by atoms with Gasteiger partial charge in [0.2, 0.25) is 0 Å². The van der Waals surface area contributed by atoms with Crippen LogP contribution in [0.15, 0.2) is 0 Å². The summed E-state index contributed by atoms with van der Waals surface area (Å²) < 4.78 is 33.8. The number of hydrogen-bond acceptors (Lipinski definition) is 4. The van der Waals surface area contributed by atoms with E-state index in [4.69, 9.17) is 10.5 Å². The van der Waals surface area contributed by atoms with Gasteiger partial charge in [0.15, 0.2) is 0 Å². The topological polar surface area (TPSA) is 75.9 Å². The van der Waals surface area contributed by atoms with E-state index in [0.29, 0.717) is 51.2 Å². The van der Waals surface area contributed by atoms with Gasteiger partial charge in [-0.2, -0.15) is 17.0 Å². The summed E-state index contributed by atoms with van der Waals surface area (Å²) in [5.41, 5.74) is 5.66. The van der Waals surface area contributed by atoms with E-state index >= 15 is 0 Å². The zero-order valence-electron chi connectivity index (χ0n) is 12.3. The predicted molar refractivity (Wildman–Crippen MR) is 78.4 cm³/mol. The molecule has 2 saturated heterocycles. The Balaban J connectivity index is 1.96. The molecule has 0 aromatic carbocycles. The largest absolute Gasteiger partial charge is 0.384 e. The van der Waals surface area contributed by atoms with Crippen molar-refractivity contribution in [3.8, 4) is 0 Å². The van der Waals surface area contributed by atoms with Crippen molar-refractivity contribution in [3.63, 3.8) is 0 Å². The van der Waals surface area contributed by atoms with Crippen LogP contribution >= 0.6 is 0 Å². The molecule has 7 heteroatoms. The molecule has 1 atom stereocenters. The molecule has 2 heterocycles. The fourth-order valence-electron chi connectivity index (χ4n) is 3.15. The van der Waals surface area contributed by atoms with Crippen molar-refractivity contribution in [1.82, 2.24) is 8.61 Å². The third-order valence-electron chi connectivity index (χ3n) is 4.44. The predicted octanol–water partition coefficient (Wildman–Crippen LogP) is 0.260. The van der Waals surface area contributed by atoms with Gasteiger partial charge in [-0.15, -0.1) is 0 Å². The van der Waals surface area contributed by atoms with E-state index in [-0.39, 0.29) is 0 Å². The molecule has 0 spiro atoms. The Morgan fingerprint density at radius 2 is 1.80 bits per heavy atom. The first-order valence-corrected chi connectivity index (χ1v) is 8.92. The summed E-state index contributed by atoms with van der Waals surface area (Å²) in [6.07, 6.45) is 3.73. The molecule has 0 aliphatic carbocycles. The first kappa shape index (κ1) is 16.2. The molecular weight excluding hydrogens is 278 g/mol. The summed E-state index contributed by atoms with van der Waals surface area (Å²) in [6.45, 7) is 3.74. The molecule has 0 amide bonds. The fourth-order valence-corrected chi connectivity index (χ4v) is 4.91. The molecule has 1 unspecified atom stereocenters. The Hall–Kier alpha value is -0.210. The van der Waals surface area contributed by atoms with Gasteiger partial charge in [0.25, 0.3) is 10.2 Å². The molecule has 0 radical (unpaired) electrons. The molecule has 0 aromatic rings. The van der Waals surface area contributed by atoms with E-state index in [0.717, 1.165) is 25.7 Å². The van der Waals surface area contributed by atoms with Gasteiger partial charge in [-0.05, 0) is 44.1 Å². The Kier molecular flexibility index (Phi) is 5.80. The van der Waals surface area contributed by atoms with E-state index in [9.17, 15) is 8.42 Å². The highest BCUT2D eigenvalue weighted by Gasteiger charge is 2.35. The lowest BCUT2D eigenvalue weighted by Gasteiger charge is -2.38. The minimum atomic E-state index is -3.30. The van der Waals surface area contributed by atoms with E-state index < -0.39 is 10.2 Å². The average molecular weight is 305 g/mol. The summed E-state index contributed by atoms with van der Waals surface area (Å²) in [5, 5.41) is 0. The molecule has 0 bridgehead atoms. The van der Waals surface area contributed by atoms with Crippen LogP contribution in [-0.2, 0) is 14.9 Å². The van der Waals surface area contributed by atoms with Crippen molar-refractivity contribution in [2.75, 3.05) is 46.4 Å². The summed E-state index contributed by atoms with van der Waals surface area (Å²) >= 11 is 0. The van der Waals surface area contributed by atoms with Crippen molar-refractivity contribution in [2.45, 2.75) is 25.7 Å². The minimum absolute atomic E-state index is 0.324. The number of ether oxygens (including phenoxy) is 1. The smallest absolute Gasteiger partial charge is 0.281 e. The normalized spacial score (nSPS) is 27.8. The summed E-state index contributed by atoms with van der Waals surface area (Å²) in [7, 11) is -1.63. The van der Waals surface area contributed by atoms with Crippen LogP contribution in [-0.4, -0.2) is 63.5 Å². The van der Waals surface area contributed by atoms with Crippen molar-refractivity contribution in [2.24, 2.45) is 17.6 Å². The standard InChI is InChI=1S/C13H27N3O3S/c1-19-11-13-3-2-6-16(10-13)20(17,18)15-7-4-12(9-14)5-8-15/h12-13H,2-11,14H2,1H3. The quantitative estimate of drug-likeness (QED) is 0.790. The van der Waals surface area contributed by atoms with Crippen molar-refractivity contribution < 1.29 is 13.2 Å². The van der Waals surface area contributed by atoms with E-state index in [1.165, 1.54) is 0 Å². The second kappa shape index (κ2) is 7.17. The Morgan fingerprint density at radius 3 is 2.40 bits per heavy atom. The first-order valence-electron chi connectivity index (χ1n) is 7.52. The third kappa shape index (κ3) is 3.71. The Bertz CT molecular complexity index is 392. The molecule has 2 aliphatic heterocycles. The highest BCUT2D eigenvalue weighted by molar-refractivity contribution is 7.86. The number of nitrogens with two attached hydrogens (primary N) is 1. The molecule has 6 nitrogen and oxygen atoms in total. The van der Waals surface area contributed by atoms with Gasteiger partial charge in [-0.1, -0.05) is 0 Å². The number of rotatable bonds is 5. The number of nitrogens with zero attached hydrogens (tertiary/aromatic N) is 2. The minimum Gasteiger partial charge on any atom is -0.384 e. The second-order valence-electron chi connectivity index (χ2n) is 5.91. The molecule has 2 rings (SSSR count). The molecule has 0 saturated carbocycles. The maximum absolute atomic E-state index is 12.7. The average Bonchev–Trinajstić information content (AvgIpc) is 2.48. The highest BCUT2D eigenvalue weighted by Crippen LogP contribution is 2.25. The summed E-state index contributed by atoms with van der Waals surface area (Å²) in [4.78, 5) is 0. The van der Waals surface area contributed by atoms with Gasteiger partial charge in [-0.25, -0.2) is 0 Å². The van der Waals surface area contributed by atoms with Gasteiger partial charge in [0.1, 0.15) is 0 Å². The van der Waals surface area contributed by atoms with Crippen LogP contribution in [0, 0.1) is 11.8 Å². The molecule has 118 valence electrons. The first-order chi connectivity index (χ1) is 9.57. The zero-order valence-corrected chi connectivity index (χ0v) is 13.1. The lowest BCUT2D eigenvalue weighted by molar-refractivity contribution is 0.115. The van der Waals surface area contributed by atoms with E-state index in [1.54, 1.807) is 15.7 Å². The van der Waals surface area contributed by atoms with Crippen LogP contribution in [0.2, 0.25) is 0 Å². The number of piperidine rings is 2. The van der Waals surface area contributed by atoms with Crippen LogP contribution in [0.25, 0.3) is 0 Å². The van der Waals surface area contributed by atoms with Gasteiger partial charge in [0.05, 0.1) is 6.61 Å². The zero-order chi connectivity index (χ0) is 14.6. The molecule has 2 N–H and O–H groups in total. The Labute approximate surface area is 122 Å². The van der Waals surface area contributed by atoms with Gasteiger partial charge in [-0.3, -0.25) is 0 Å². The van der Waals surface area contributed by atoms with Crippen molar-refractivity contribution in [1.29, 1.82) is 0 Å². The van der Waals surface area contributed by atoms with Crippen molar-refractivity contribution in [3.05, 3.63) is 0 Å². The lowest BCUT2D eigenvalue weighted by atomic mass is 9.99.